The van der Waals surface area contributed by atoms with Gasteiger partial charge in [0.25, 0.3) is 0 Å². The summed E-state index contributed by atoms with van der Waals surface area (Å²) < 4.78 is 5.57. The maximum Gasteiger partial charge on any atom is 0.136 e. The van der Waals surface area contributed by atoms with Crippen molar-refractivity contribution in [2.24, 2.45) is 0 Å². The molecular weight excluding hydrogens is 198 g/mol. The molecule has 1 aliphatic rings. The average Bonchev–Trinajstić information content (AvgIpc) is 2.14. The lowest BCUT2D eigenvalue weighted by Gasteiger charge is -2.41. The predicted molar refractivity (Wildman–Crippen MR) is 54.9 cm³/mol. The smallest absolute Gasteiger partial charge is 0.136 e. The summed E-state index contributed by atoms with van der Waals surface area (Å²) in [5.41, 5.74) is 0. The van der Waals surface area contributed by atoms with Gasteiger partial charge in [-0.25, -0.2) is 0 Å². The third-order valence-electron chi connectivity index (χ3n) is 2.69. The van der Waals surface area contributed by atoms with E-state index in [2.05, 4.69) is 0 Å². The Bertz CT molecular complexity index is 188. The van der Waals surface area contributed by atoms with Crippen LogP contribution in [0, 0.1) is 0 Å². The van der Waals surface area contributed by atoms with E-state index in [1.807, 2.05) is 13.8 Å². The molecule has 2 N–H and O–H groups in total. The zero-order valence-electron chi connectivity index (χ0n) is 9.75. The zero-order valence-corrected chi connectivity index (χ0v) is 9.75. The Morgan fingerprint density at radius 2 is 2.00 bits per heavy atom. The lowest BCUT2D eigenvalue weighted by Crippen LogP contribution is -2.53. The van der Waals surface area contributed by atoms with E-state index in [1.165, 1.54) is 0 Å². The van der Waals surface area contributed by atoms with Crippen LogP contribution in [-0.4, -0.2) is 53.0 Å². The summed E-state index contributed by atoms with van der Waals surface area (Å²) in [6.07, 6.45) is -1.89. The molecule has 0 aromatic heterocycles. The van der Waals surface area contributed by atoms with Crippen LogP contribution in [0.15, 0.2) is 0 Å². The van der Waals surface area contributed by atoms with Gasteiger partial charge in [-0.1, -0.05) is 0 Å². The third-order valence-corrected chi connectivity index (χ3v) is 2.69. The molecule has 5 heteroatoms. The second-order valence-corrected chi connectivity index (χ2v) is 4.23. The van der Waals surface area contributed by atoms with Crippen molar-refractivity contribution in [2.75, 3.05) is 7.11 Å². The minimum absolute atomic E-state index is 0.162. The standard InChI is InChI=1S/C10H21NO4/c1-6(2)11(14-4)9-5-8(12)10(13)7(3)15-9/h6-10,12-13H,5H2,1-4H3/t7?,8-,9-,10-/m1/s1. The van der Waals surface area contributed by atoms with Crippen LogP contribution in [-0.2, 0) is 9.57 Å². The first-order valence-corrected chi connectivity index (χ1v) is 5.31. The van der Waals surface area contributed by atoms with Gasteiger partial charge in [0, 0.05) is 12.5 Å². The van der Waals surface area contributed by atoms with Gasteiger partial charge in [0.2, 0.25) is 0 Å². The van der Waals surface area contributed by atoms with Crippen molar-refractivity contribution < 1.29 is 19.8 Å². The molecule has 0 amide bonds. The Balaban J connectivity index is 2.63. The van der Waals surface area contributed by atoms with E-state index in [-0.39, 0.29) is 18.4 Å². The lowest BCUT2D eigenvalue weighted by atomic mass is 10.0. The molecule has 0 aliphatic carbocycles. The SMILES string of the molecule is CON(C(C)C)[C@H]1C[C@@H](O)[C@H](O)C(C)O1. The quantitative estimate of drug-likeness (QED) is 0.660. The topological polar surface area (TPSA) is 62.2 Å². The maximum atomic E-state index is 9.63. The van der Waals surface area contributed by atoms with Crippen LogP contribution in [0.3, 0.4) is 0 Å². The molecule has 0 spiro atoms. The molecule has 1 saturated heterocycles. The highest BCUT2D eigenvalue weighted by atomic mass is 16.7. The molecule has 1 aliphatic heterocycles. The molecule has 1 rings (SSSR count). The Hall–Kier alpha value is -0.200. The first-order valence-electron chi connectivity index (χ1n) is 5.31. The summed E-state index contributed by atoms with van der Waals surface area (Å²) in [5.74, 6) is 0. The highest BCUT2D eigenvalue weighted by Crippen LogP contribution is 2.23. The highest BCUT2D eigenvalue weighted by molar-refractivity contribution is 4.82. The van der Waals surface area contributed by atoms with E-state index < -0.39 is 12.2 Å². The Morgan fingerprint density at radius 1 is 1.40 bits per heavy atom. The van der Waals surface area contributed by atoms with Crippen LogP contribution in [0.25, 0.3) is 0 Å². The van der Waals surface area contributed by atoms with E-state index in [4.69, 9.17) is 9.57 Å². The Kier molecular flexibility index (Phi) is 4.48. The summed E-state index contributed by atoms with van der Waals surface area (Å²) in [5, 5.41) is 20.8. The summed E-state index contributed by atoms with van der Waals surface area (Å²) in [7, 11) is 1.57. The molecule has 0 saturated carbocycles. The van der Waals surface area contributed by atoms with E-state index >= 15 is 0 Å². The second kappa shape index (κ2) is 5.23. The minimum atomic E-state index is -0.813. The first-order chi connectivity index (χ1) is 6.97. The van der Waals surface area contributed by atoms with Crippen molar-refractivity contribution >= 4 is 0 Å². The van der Waals surface area contributed by atoms with E-state index in [0.29, 0.717) is 6.42 Å². The third kappa shape index (κ3) is 2.89. The molecular formula is C10H21NO4. The monoisotopic (exact) mass is 219 g/mol. The fourth-order valence-electron chi connectivity index (χ4n) is 1.87. The molecule has 5 nitrogen and oxygen atoms in total. The molecule has 1 heterocycles. The summed E-state index contributed by atoms with van der Waals surface area (Å²) in [6, 6.07) is 0.162. The Labute approximate surface area is 90.5 Å². The van der Waals surface area contributed by atoms with Crippen LogP contribution in [0.1, 0.15) is 27.2 Å². The number of rotatable bonds is 3. The first kappa shape index (κ1) is 12.9. The molecule has 0 aromatic carbocycles. The van der Waals surface area contributed by atoms with Crippen molar-refractivity contribution in [1.82, 2.24) is 5.06 Å². The van der Waals surface area contributed by atoms with Gasteiger partial charge in [0.1, 0.15) is 12.3 Å². The number of nitrogens with zero attached hydrogens (tertiary/aromatic N) is 1. The van der Waals surface area contributed by atoms with E-state index in [0.717, 1.165) is 0 Å². The maximum absolute atomic E-state index is 9.63. The summed E-state index contributed by atoms with van der Waals surface area (Å²) in [4.78, 5) is 5.20. The van der Waals surface area contributed by atoms with Gasteiger partial charge < -0.3 is 14.9 Å². The zero-order chi connectivity index (χ0) is 11.6. The van der Waals surface area contributed by atoms with Crippen LogP contribution in [0.5, 0.6) is 0 Å². The van der Waals surface area contributed by atoms with Crippen molar-refractivity contribution in [3.63, 3.8) is 0 Å². The van der Waals surface area contributed by atoms with E-state index in [9.17, 15) is 10.2 Å². The van der Waals surface area contributed by atoms with Crippen molar-refractivity contribution in [3.05, 3.63) is 0 Å². The van der Waals surface area contributed by atoms with Crippen LogP contribution in [0.2, 0.25) is 0 Å². The predicted octanol–water partition coefficient (Wildman–Crippen LogP) is 0.115. The van der Waals surface area contributed by atoms with Gasteiger partial charge in [-0.3, -0.25) is 4.84 Å². The molecule has 4 atom stereocenters. The second-order valence-electron chi connectivity index (χ2n) is 4.23. The molecule has 0 aromatic rings. The molecule has 0 radical (unpaired) electrons. The lowest BCUT2D eigenvalue weighted by molar-refractivity contribution is -0.299. The summed E-state index contributed by atoms with van der Waals surface area (Å²) in [6.45, 7) is 5.71. The van der Waals surface area contributed by atoms with Gasteiger partial charge >= 0.3 is 0 Å². The van der Waals surface area contributed by atoms with Gasteiger partial charge in [-0.05, 0) is 20.8 Å². The molecule has 1 fully saturated rings. The van der Waals surface area contributed by atoms with Gasteiger partial charge in [0.15, 0.2) is 0 Å². The van der Waals surface area contributed by atoms with Gasteiger partial charge in [-0.15, -0.1) is 0 Å². The largest absolute Gasteiger partial charge is 0.390 e. The molecule has 90 valence electrons. The molecule has 0 bridgehead atoms. The molecule has 15 heavy (non-hydrogen) atoms. The number of hydrogen-bond acceptors (Lipinski definition) is 5. The fraction of sp³-hybridized carbons (Fsp3) is 1.00. The van der Waals surface area contributed by atoms with Crippen LogP contribution < -0.4 is 0 Å². The van der Waals surface area contributed by atoms with Crippen LogP contribution in [0.4, 0.5) is 0 Å². The van der Waals surface area contributed by atoms with E-state index in [1.54, 1.807) is 19.1 Å². The van der Waals surface area contributed by atoms with Crippen molar-refractivity contribution in [3.8, 4) is 0 Å². The van der Waals surface area contributed by atoms with Gasteiger partial charge in [0.05, 0.1) is 19.3 Å². The minimum Gasteiger partial charge on any atom is -0.390 e. The number of hydroxylamine groups is 2. The van der Waals surface area contributed by atoms with Gasteiger partial charge in [-0.2, -0.15) is 5.06 Å². The summed E-state index contributed by atoms with van der Waals surface area (Å²) >= 11 is 0. The molecule has 1 unspecified atom stereocenters. The average molecular weight is 219 g/mol. The number of aliphatic hydroxyl groups excluding tert-OH is 2. The normalized spacial score (nSPS) is 37.6. The fourth-order valence-corrected chi connectivity index (χ4v) is 1.87. The number of aliphatic hydroxyl groups is 2. The van der Waals surface area contributed by atoms with Crippen molar-refractivity contribution in [1.29, 1.82) is 0 Å². The number of hydrogen-bond donors (Lipinski definition) is 2. The van der Waals surface area contributed by atoms with Crippen molar-refractivity contribution in [2.45, 2.75) is 57.8 Å². The van der Waals surface area contributed by atoms with Crippen LogP contribution >= 0.6 is 0 Å². The number of ether oxygens (including phenoxy) is 1. The highest BCUT2D eigenvalue weighted by Gasteiger charge is 2.37. The Morgan fingerprint density at radius 3 is 2.40 bits per heavy atom.